The number of hydrogen-bond acceptors (Lipinski definition) is 5. The number of nitrogens with two attached hydrogens (primary N) is 1. The summed E-state index contributed by atoms with van der Waals surface area (Å²) in [5.74, 6) is 1.82. The van der Waals surface area contributed by atoms with E-state index in [1.807, 2.05) is 36.5 Å². The lowest BCUT2D eigenvalue weighted by molar-refractivity contribution is -0.117. The first-order chi connectivity index (χ1) is 15.1. The van der Waals surface area contributed by atoms with Gasteiger partial charge in [-0.1, -0.05) is 30.3 Å². The molecule has 3 aliphatic rings. The third kappa shape index (κ3) is 4.50. The van der Waals surface area contributed by atoms with Crippen LogP contribution in [0.5, 0.6) is 0 Å². The van der Waals surface area contributed by atoms with Crippen LogP contribution < -0.4 is 11.1 Å². The molecule has 6 nitrogen and oxygen atoms in total. The molecular formula is C25H30N4O2. The van der Waals surface area contributed by atoms with Gasteiger partial charge >= 0.3 is 0 Å². The van der Waals surface area contributed by atoms with E-state index in [9.17, 15) is 4.79 Å². The largest absolute Gasteiger partial charge is 0.384 e. The number of nitrogens with one attached hydrogen (secondary N) is 1. The summed E-state index contributed by atoms with van der Waals surface area (Å²) in [5.41, 5.74) is 10.1. The van der Waals surface area contributed by atoms with Crippen LogP contribution in [0.15, 0.2) is 48.2 Å². The van der Waals surface area contributed by atoms with Crippen molar-refractivity contribution >= 4 is 17.8 Å². The predicted octanol–water partition coefficient (Wildman–Crippen LogP) is 2.82. The molecule has 1 aromatic carbocycles. The van der Waals surface area contributed by atoms with E-state index in [2.05, 4.69) is 34.3 Å². The number of benzene rings is 1. The smallest absolute Gasteiger partial charge is 0.247 e. The molecule has 1 amide bonds. The monoisotopic (exact) mass is 418 g/mol. The number of hydrogen-bond donors (Lipinski definition) is 2. The van der Waals surface area contributed by atoms with E-state index >= 15 is 0 Å². The zero-order valence-corrected chi connectivity index (χ0v) is 18.0. The van der Waals surface area contributed by atoms with Crippen molar-refractivity contribution in [2.24, 2.45) is 11.8 Å². The topological polar surface area (TPSA) is 80.5 Å². The van der Waals surface area contributed by atoms with Crippen molar-refractivity contribution in [1.82, 2.24) is 15.2 Å². The van der Waals surface area contributed by atoms with Gasteiger partial charge in [0.25, 0.3) is 0 Å². The molecule has 1 aliphatic heterocycles. The number of ether oxygens (including phenoxy) is 1. The molecule has 5 rings (SSSR count). The Bertz CT molecular complexity index is 987. The molecule has 4 atom stereocenters. The first-order valence-electron chi connectivity index (χ1n) is 11.2. The number of pyridine rings is 1. The molecule has 6 heteroatoms. The molecule has 2 heterocycles. The summed E-state index contributed by atoms with van der Waals surface area (Å²) in [6, 6.07) is 12.5. The molecule has 31 heavy (non-hydrogen) atoms. The zero-order chi connectivity index (χ0) is 21.4. The van der Waals surface area contributed by atoms with E-state index in [0.29, 0.717) is 23.7 Å². The highest BCUT2D eigenvalue weighted by atomic mass is 16.5. The van der Waals surface area contributed by atoms with Crippen LogP contribution in [-0.4, -0.2) is 48.1 Å². The van der Waals surface area contributed by atoms with Crippen molar-refractivity contribution in [3.63, 3.8) is 0 Å². The minimum atomic E-state index is 0.0390. The highest BCUT2D eigenvalue weighted by molar-refractivity contribution is 6.00. The van der Waals surface area contributed by atoms with E-state index in [4.69, 9.17) is 10.5 Å². The molecule has 0 spiro atoms. The summed E-state index contributed by atoms with van der Waals surface area (Å²) >= 11 is 0. The number of amides is 1. The number of carbonyl (C=O) groups excluding carboxylic acids is 1. The minimum absolute atomic E-state index is 0.0390. The number of carbonyl (C=O) groups is 1. The third-order valence-corrected chi connectivity index (χ3v) is 6.86. The van der Waals surface area contributed by atoms with Crippen LogP contribution in [0, 0.1) is 11.8 Å². The highest BCUT2D eigenvalue weighted by Gasteiger charge is 2.40. The Morgan fingerprint density at radius 2 is 2.13 bits per heavy atom. The van der Waals surface area contributed by atoms with Crippen molar-refractivity contribution in [2.75, 3.05) is 32.0 Å². The average molecular weight is 419 g/mol. The first-order valence-corrected chi connectivity index (χ1v) is 11.2. The molecule has 1 aromatic heterocycles. The van der Waals surface area contributed by atoms with Gasteiger partial charge in [-0.25, -0.2) is 4.98 Å². The molecular weight excluding hydrogens is 388 g/mol. The molecule has 1 saturated heterocycles. The second-order valence-corrected chi connectivity index (χ2v) is 9.15. The quantitative estimate of drug-likeness (QED) is 0.754. The molecule has 2 aromatic rings. The molecule has 0 bridgehead atoms. The van der Waals surface area contributed by atoms with Crippen LogP contribution in [0.25, 0.3) is 6.08 Å². The molecule has 2 fully saturated rings. The molecule has 2 unspecified atom stereocenters. The molecule has 162 valence electrons. The third-order valence-electron chi connectivity index (χ3n) is 6.86. The molecule has 0 radical (unpaired) electrons. The first kappa shape index (κ1) is 20.2. The van der Waals surface area contributed by atoms with Crippen LogP contribution in [0.1, 0.15) is 36.1 Å². The van der Waals surface area contributed by atoms with E-state index in [-0.39, 0.29) is 12.0 Å². The Morgan fingerprint density at radius 1 is 1.26 bits per heavy atom. The van der Waals surface area contributed by atoms with Crippen LogP contribution in [0.2, 0.25) is 0 Å². The van der Waals surface area contributed by atoms with Gasteiger partial charge in [-0.3, -0.25) is 9.69 Å². The van der Waals surface area contributed by atoms with E-state index in [1.165, 1.54) is 17.5 Å². The Kier molecular flexibility index (Phi) is 5.50. The summed E-state index contributed by atoms with van der Waals surface area (Å²) in [6.45, 7) is 5.63. The van der Waals surface area contributed by atoms with Crippen LogP contribution in [0.3, 0.4) is 0 Å². The van der Waals surface area contributed by atoms with E-state index in [0.717, 1.165) is 43.8 Å². The van der Waals surface area contributed by atoms with Gasteiger partial charge in [0.05, 0.1) is 12.7 Å². The maximum Gasteiger partial charge on any atom is 0.247 e. The fourth-order valence-corrected chi connectivity index (χ4v) is 4.72. The lowest BCUT2D eigenvalue weighted by Gasteiger charge is -2.38. The maximum atomic E-state index is 12.6. The number of rotatable bonds is 6. The Labute approximate surface area is 183 Å². The molecule has 1 saturated carbocycles. The Hall–Kier alpha value is -2.70. The lowest BCUT2D eigenvalue weighted by atomic mass is 10.1. The fourth-order valence-electron chi connectivity index (χ4n) is 4.72. The average Bonchev–Trinajstić information content (AvgIpc) is 3.37. The van der Waals surface area contributed by atoms with Crippen molar-refractivity contribution in [3.05, 3.63) is 64.9 Å². The number of fused-ring (bicyclic) bond motifs is 1. The molecule has 3 N–H and O–H groups in total. The SMILES string of the molecule is C[C@H]1CO[C@@H](c2ccc(N)nc2)CN1CC1CC1CNC(=O)C1=Cc2ccccc2C1. The van der Waals surface area contributed by atoms with Gasteiger partial charge in [0.15, 0.2) is 0 Å². The number of aromatic nitrogens is 1. The summed E-state index contributed by atoms with van der Waals surface area (Å²) < 4.78 is 6.05. The van der Waals surface area contributed by atoms with Gasteiger partial charge < -0.3 is 15.8 Å². The van der Waals surface area contributed by atoms with Gasteiger partial charge in [0, 0.05) is 49.4 Å². The van der Waals surface area contributed by atoms with Gasteiger partial charge in [0.2, 0.25) is 5.91 Å². The summed E-state index contributed by atoms with van der Waals surface area (Å²) in [6.07, 6.45) is 5.80. The standard InChI is InChI=1S/C25H30N4O2/c1-16-15-31-23(19-6-7-24(26)27-11-19)14-29(16)13-22-10-21(22)12-28-25(30)20-8-17-4-2-3-5-18(17)9-20/h2-8,11,16,21-23H,9-10,12-15H2,1H3,(H2,26,27)(H,28,30)/t16-,21?,22?,23+/m0/s1. The van der Waals surface area contributed by atoms with Gasteiger partial charge in [-0.05, 0) is 48.4 Å². The van der Waals surface area contributed by atoms with Crippen LogP contribution in [-0.2, 0) is 16.0 Å². The number of nitrogens with zero attached hydrogens (tertiary/aromatic N) is 2. The van der Waals surface area contributed by atoms with E-state index < -0.39 is 0 Å². The number of morpholine rings is 1. The van der Waals surface area contributed by atoms with Gasteiger partial charge in [0.1, 0.15) is 5.82 Å². The minimum Gasteiger partial charge on any atom is -0.384 e. The second kappa shape index (κ2) is 8.44. The maximum absolute atomic E-state index is 12.6. The highest BCUT2D eigenvalue weighted by Crippen LogP contribution is 2.40. The van der Waals surface area contributed by atoms with Gasteiger partial charge in [-0.2, -0.15) is 0 Å². The number of anilines is 1. The summed E-state index contributed by atoms with van der Waals surface area (Å²) in [5, 5.41) is 3.17. The van der Waals surface area contributed by atoms with E-state index in [1.54, 1.807) is 0 Å². The number of nitrogen functional groups attached to an aromatic ring is 1. The van der Waals surface area contributed by atoms with Crippen LogP contribution >= 0.6 is 0 Å². The van der Waals surface area contributed by atoms with Crippen molar-refractivity contribution in [3.8, 4) is 0 Å². The van der Waals surface area contributed by atoms with Crippen molar-refractivity contribution < 1.29 is 9.53 Å². The predicted molar refractivity (Wildman–Crippen MR) is 121 cm³/mol. The normalized spacial score (nSPS) is 27.5. The lowest BCUT2D eigenvalue weighted by Crippen LogP contribution is -2.46. The van der Waals surface area contributed by atoms with Crippen molar-refractivity contribution in [2.45, 2.75) is 31.9 Å². The van der Waals surface area contributed by atoms with Gasteiger partial charge in [-0.15, -0.1) is 0 Å². The summed E-state index contributed by atoms with van der Waals surface area (Å²) in [7, 11) is 0. The Balaban J connectivity index is 1.10. The summed E-state index contributed by atoms with van der Waals surface area (Å²) in [4.78, 5) is 19.3. The molecule has 2 aliphatic carbocycles. The Morgan fingerprint density at radius 3 is 2.94 bits per heavy atom. The van der Waals surface area contributed by atoms with Crippen molar-refractivity contribution in [1.29, 1.82) is 0 Å². The fraction of sp³-hybridized carbons (Fsp3) is 0.440. The van der Waals surface area contributed by atoms with Crippen LogP contribution in [0.4, 0.5) is 5.82 Å². The second-order valence-electron chi connectivity index (χ2n) is 9.15. The zero-order valence-electron chi connectivity index (χ0n) is 18.0.